The first-order valence-electron chi connectivity index (χ1n) is 5.86. The molecule has 1 atom stereocenters. The molecular weight excluding hydrogens is 397 g/mol. The second kappa shape index (κ2) is 5.90. The zero-order valence-corrected chi connectivity index (χ0v) is 13.5. The maximum Gasteiger partial charge on any atom is 0.416 e. The molecule has 0 heterocycles. The zero-order valence-electron chi connectivity index (χ0n) is 10.3. The maximum absolute atomic E-state index is 12.6. The standard InChI is InChI=1S/C15H11Br2F3/c16-10-14(17,11-4-2-1-3-5-11)12-6-8-13(9-7-12)15(18,19)20/h1-9H,10H2. The van der Waals surface area contributed by atoms with E-state index in [0.717, 1.165) is 23.3 Å². The van der Waals surface area contributed by atoms with Gasteiger partial charge >= 0.3 is 6.18 Å². The average molecular weight is 408 g/mol. The molecule has 20 heavy (non-hydrogen) atoms. The predicted molar refractivity (Wildman–Crippen MR) is 81.4 cm³/mol. The predicted octanol–water partition coefficient (Wildman–Crippen LogP) is 5.74. The third-order valence-electron chi connectivity index (χ3n) is 3.09. The molecule has 1 unspecified atom stereocenters. The summed E-state index contributed by atoms with van der Waals surface area (Å²) in [5.74, 6) is 0. The van der Waals surface area contributed by atoms with E-state index in [-0.39, 0.29) is 0 Å². The second-order valence-corrected chi connectivity index (χ2v) is 6.29. The van der Waals surface area contributed by atoms with Crippen LogP contribution in [0.1, 0.15) is 16.7 Å². The van der Waals surface area contributed by atoms with E-state index in [0.29, 0.717) is 5.33 Å². The number of benzene rings is 2. The van der Waals surface area contributed by atoms with Gasteiger partial charge in [-0.05, 0) is 23.3 Å². The van der Waals surface area contributed by atoms with Gasteiger partial charge in [0.1, 0.15) is 0 Å². The first-order valence-corrected chi connectivity index (χ1v) is 7.77. The molecule has 0 radical (unpaired) electrons. The van der Waals surface area contributed by atoms with Gasteiger partial charge in [0.25, 0.3) is 0 Å². The van der Waals surface area contributed by atoms with Crippen LogP contribution in [-0.2, 0) is 10.5 Å². The minimum absolute atomic E-state index is 0.543. The topological polar surface area (TPSA) is 0 Å². The van der Waals surface area contributed by atoms with Crippen LogP contribution in [0, 0.1) is 0 Å². The Labute approximate surface area is 132 Å². The van der Waals surface area contributed by atoms with Crippen LogP contribution in [0.4, 0.5) is 13.2 Å². The average Bonchev–Trinajstić information content (AvgIpc) is 2.46. The maximum atomic E-state index is 12.6. The van der Waals surface area contributed by atoms with Crippen molar-refractivity contribution in [2.75, 3.05) is 5.33 Å². The van der Waals surface area contributed by atoms with Crippen molar-refractivity contribution in [2.45, 2.75) is 10.5 Å². The molecule has 0 saturated heterocycles. The Balaban J connectivity index is 2.43. The first kappa shape index (κ1) is 15.6. The van der Waals surface area contributed by atoms with Gasteiger partial charge < -0.3 is 0 Å². The van der Waals surface area contributed by atoms with Gasteiger partial charge in [-0.2, -0.15) is 13.2 Å². The summed E-state index contributed by atoms with van der Waals surface area (Å²) in [5, 5.41) is 0.551. The van der Waals surface area contributed by atoms with Crippen LogP contribution in [0.5, 0.6) is 0 Å². The van der Waals surface area contributed by atoms with Gasteiger partial charge in [0.05, 0.1) is 9.89 Å². The Morgan fingerprint density at radius 2 is 1.20 bits per heavy atom. The molecule has 5 heteroatoms. The Bertz CT molecular complexity index is 564. The molecule has 0 amide bonds. The van der Waals surface area contributed by atoms with Gasteiger partial charge in [0, 0.05) is 5.33 Å². The summed E-state index contributed by atoms with van der Waals surface area (Å²) in [6.45, 7) is 0. The molecule has 0 N–H and O–H groups in total. The fourth-order valence-electron chi connectivity index (χ4n) is 1.95. The monoisotopic (exact) mass is 406 g/mol. The third-order valence-corrected chi connectivity index (χ3v) is 5.87. The van der Waals surface area contributed by atoms with Crippen molar-refractivity contribution in [3.63, 3.8) is 0 Å². The van der Waals surface area contributed by atoms with Gasteiger partial charge in [0.2, 0.25) is 0 Å². The minimum atomic E-state index is -4.31. The van der Waals surface area contributed by atoms with E-state index < -0.39 is 16.1 Å². The van der Waals surface area contributed by atoms with Gasteiger partial charge in [0.15, 0.2) is 0 Å². The van der Waals surface area contributed by atoms with Gasteiger partial charge in [-0.3, -0.25) is 0 Å². The SMILES string of the molecule is FC(F)(F)c1ccc(C(Br)(CBr)c2ccccc2)cc1. The molecule has 0 aliphatic heterocycles. The number of rotatable bonds is 3. The largest absolute Gasteiger partial charge is 0.416 e. The molecule has 0 saturated carbocycles. The van der Waals surface area contributed by atoms with Crippen LogP contribution in [0.25, 0.3) is 0 Å². The van der Waals surface area contributed by atoms with E-state index in [1.807, 2.05) is 30.3 Å². The summed E-state index contributed by atoms with van der Waals surface area (Å²) in [6.07, 6.45) is -4.31. The van der Waals surface area contributed by atoms with E-state index in [4.69, 9.17) is 0 Å². The molecule has 0 aromatic heterocycles. The lowest BCUT2D eigenvalue weighted by Gasteiger charge is -2.27. The van der Waals surface area contributed by atoms with Gasteiger partial charge in [-0.25, -0.2) is 0 Å². The highest BCUT2D eigenvalue weighted by Gasteiger charge is 2.33. The van der Waals surface area contributed by atoms with Crippen molar-refractivity contribution < 1.29 is 13.2 Å². The van der Waals surface area contributed by atoms with Crippen LogP contribution >= 0.6 is 31.9 Å². The van der Waals surface area contributed by atoms with Crippen molar-refractivity contribution in [3.8, 4) is 0 Å². The second-order valence-electron chi connectivity index (χ2n) is 4.38. The fraction of sp³-hybridized carbons (Fsp3) is 0.200. The lowest BCUT2D eigenvalue weighted by Crippen LogP contribution is -2.21. The normalized spacial score (nSPS) is 14.8. The molecule has 106 valence electrons. The molecule has 2 rings (SSSR count). The summed E-state index contributed by atoms with van der Waals surface area (Å²) >= 11 is 7.08. The summed E-state index contributed by atoms with van der Waals surface area (Å²) in [7, 11) is 0. The van der Waals surface area contributed by atoms with Crippen molar-refractivity contribution in [1.82, 2.24) is 0 Å². The van der Waals surface area contributed by atoms with Crippen molar-refractivity contribution in [1.29, 1.82) is 0 Å². The van der Waals surface area contributed by atoms with Gasteiger partial charge in [-0.1, -0.05) is 74.3 Å². The van der Waals surface area contributed by atoms with Crippen LogP contribution in [-0.4, -0.2) is 5.33 Å². The lowest BCUT2D eigenvalue weighted by molar-refractivity contribution is -0.137. The minimum Gasteiger partial charge on any atom is -0.166 e. The van der Waals surface area contributed by atoms with E-state index in [2.05, 4.69) is 31.9 Å². The Kier molecular flexibility index (Phi) is 4.59. The highest BCUT2D eigenvalue weighted by atomic mass is 79.9. The zero-order chi connectivity index (χ0) is 14.8. The number of halogens is 5. The first-order chi connectivity index (χ1) is 9.38. The lowest BCUT2D eigenvalue weighted by atomic mass is 9.92. The molecule has 2 aromatic rings. The quantitative estimate of drug-likeness (QED) is 0.569. The number of alkyl halides is 5. The number of hydrogen-bond donors (Lipinski definition) is 0. The molecule has 0 aliphatic rings. The Morgan fingerprint density at radius 3 is 1.65 bits per heavy atom. The highest BCUT2D eigenvalue weighted by Crippen LogP contribution is 2.41. The summed E-state index contributed by atoms with van der Waals surface area (Å²) in [4.78, 5) is 0. The van der Waals surface area contributed by atoms with Crippen LogP contribution < -0.4 is 0 Å². The fourth-order valence-corrected chi connectivity index (χ4v) is 3.12. The Morgan fingerprint density at radius 1 is 0.750 bits per heavy atom. The summed E-state index contributed by atoms with van der Waals surface area (Å²) < 4.78 is 37.3. The van der Waals surface area contributed by atoms with E-state index in [1.54, 1.807) is 0 Å². The molecular formula is C15H11Br2F3. The van der Waals surface area contributed by atoms with Gasteiger partial charge in [-0.15, -0.1) is 0 Å². The van der Waals surface area contributed by atoms with Crippen molar-refractivity contribution in [2.24, 2.45) is 0 Å². The van der Waals surface area contributed by atoms with Crippen LogP contribution in [0.3, 0.4) is 0 Å². The third kappa shape index (κ3) is 3.09. The van der Waals surface area contributed by atoms with E-state index >= 15 is 0 Å². The molecule has 0 aliphatic carbocycles. The molecule has 0 fully saturated rings. The summed E-state index contributed by atoms with van der Waals surface area (Å²) in [5.41, 5.74) is 1.11. The van der Waals surface area contributed by atoms with Crippen molar-refractivity contribution in [3.05, 3.63) is 71.3 Å². The molecule has 2 aromatic carbocycles. The summed E-state index contributed by atoms with van der Waals surface area (Å²) in [6, 6.07) is 14.8. The van der Waals surface area contributed by atoms with Crippen LogP contribution in [0.2, 0.25) is 0 Å². The van der Waals surface area contributed by atoms with E-state index in [9.17, 15) is 13.2 Å². The number of hydrogen-bond acceptors (Lipinski definition) is 0. The molecule has 0 nitrogen and oxygen atoms in total. The van der Waals surface area contributed by atoms with Crippen molar-refractivity contribution >= 4 is 31.9 Å². The molecule has 0 spiro atoms. The highest BCUT2D eigenvalue weighted by molar-refractivity contribution is 9.12. The van der Waals surface area contributed by atoms with Crippen LogP contribution in [0.15, 0.2) is 54.6 Å². The van der Waals surface area contributed by atoms with E-state index in [1.165, 1.54) is 12.1 Å². The molecule has 0 bridgehead atoms. The Hall–Kier alpha value is -0.810. The smallest absolute Gasteiger partial charge is 0.166 e.